The van der Waals surface area contributed by atoms with Gasteiger partial charge in [0.25, 0.3) is 0 Å². The Labute approximate surface area is 105 Å². The number of rotatable bonds is 3. The molecule has 0 aromatic heterocycles. The summed E-state index contributed by atoms with van der Waals surface area (Å²) in [4.78, 5) is 5.15. The Kier molecular flexibility index (Phi) is 4.93. The zero-order valence-electron chi connectivity index (χ0n) is 10.5. The van der Waals surface area contributed by atoms with Crippen LogP contribution in [0, 0.1) is 0 Å². The average Bonchev–Trinajstić information content (AvgIpc) is 2.30. The molecule has 3 heteroatoms. The Balaban J connectivity index is 1.66. The van der Waals surface area contributed by atoms with E-state index in [1.54, 1.807) is 0 Å². The summed E-state index contributed by atoms with van der Waals surface area (Å²) in [6, 6.07) is 0.836. The van der Waals surface area contributed by atoms with Crippen LogP contribution in [0.15, 0.2) is 0 Å². The SMILES string of the molecule is CN1CCCCC1CCN1CCC(Cl)CC1. The van der Waals surface area contributed by atoms with E-state index in [1.807, 2.05) is 0 Å². The summed E-state index contributed by atoms with van der Waals surface area (Å²) in [5, 5.41) is 0.439. The van der Waals surface area contributed by atoms with Crippen molar-refractivity contribution in [2.75, 3.05) is 33.2 Å². The number of hydrogen-bond donors (Lipinski definition) is 0. The minimum Gasteiger partial charge on any atom is -0.303 e. The number of likely N-dealkylation sites (tertiary alicyclic amines) is 2. The van der Waals surface area contributed by atoms with Crippen LogP contribution in [0.3, 0.4) is 0 Å². The highest BCUT2D eigenvalue weighted by Gasteiger charge is 2.21. The van der Waals surface area contributed by atoms with Crippen molar-refractivity contribution in [1.82, 2.24) is 9.80 Å². The maximum atomic E-state index is 6.12. The van der Waals surface area contributed by atoms with Gasteiger partial charge in [-0.3, -0.25) is 0 Å². The van der Waals surface area contributed by atoms with E-state index in [0.717, 1.165) is 6.04 Å². The number of piperidine rings is 2. The zero-order valence-corrected chi connectivity index (χ0v) is 11.3. The van der Waals surface area contributed by atoms with E-state index < -0.39 is 0 Å². The highest BCUT2D eigenvalue weighted by atomic mass is 35.5. The summed E-state index contributed by atoms with van der Waals surface area (Å²) in [6.07, 6.45) is 7.94. The van der Waals surface area contributed by atoms with Crippen LogP contribution < -0.4 is 0 Å². The van der Waals surface area contributed by atoms with Gasteiger partial charge in [0.15, 0.2) is 0 Å². The molecule has 0 aromatic carbocycles. The third kappa shape index (κ3) is 3.61. The fourth-order valence-corrected chi connectivity index (χ4v) is 3.16. The lowest BCUT2D eigenvalue weighted by atomic mass is 9.99. The van der Waals surface area contributed by atoms with Gasteiger partial charge < -0.3 is 9.80 Å². The summed E-state index contributed by atoms with van der Waals surface area (Å²) >= 11 is 6.12. The lowest BCUT2D eigenvalue weighted by Crippen LogP contribution is -2.41. The van der Waals surface area contributed by atoms with E-state index in [2.05, 4.69) is 16.8 Å². The predicted molar refractivity (Wildman–Crippen MR) is 70.2 cm³/mol. The molecule has 16 heavy (non-hydrogen) atoms. The lowest BCUT2D eigenvalue weighted by molar-refractivity contribution is 0.146. The molecule has 2 aliphatic rings. The van der Waals surface area contributed by atoms with E-state index in [9.17, 15) is 0 Å². The highest BCUT2D eigenvalue weighted by Crippen LogP contribution is 2.20. The second-order valence-electron chi connectivity index (χ2n) is 5.44. The second-order valence-corrected chi connectivity index (χ2v) is 6.05. The van der Waals surface area contributed by atoms with Crippen molar-refractivity contribution >= 4 is 11.6 Å². The molecule has 0 aromatic rings. The van der Waals surface area contributed by atoms with Gasteiger partial charge in [-0.2, -0.15) is 0 Å². The second kappa shape index (κ2) is 6.23. The molecule has 2 rings (SSSR count). The number of nitrogens with zero attached hydrogens (tertiary/aromatic N) is 2. The average molecular weight is 245 g/mol. The fourth-order valence-electron chi connectivity index (χ4n) is 2.97. The Morgan fingerprint density at radius 3 is 2.50 bits per heavy atom. The summed E-state index contributed by atoms with van der Waals surface area (Å²) in [5.41, 5.74) is 0. The van der Waals surface area contributed by atoms with Gasteiger partial charge in [-0.15, -0.1) is 11.6 Å². The molecule has 2 saturated heterocycles. The van der Waals surface area contributed by atoms with Gasteiger partial charge in [0.2, 0.25) is 0 Å². The molecule has 1 unspecified atom stereocenters. The third-order valence-electron chi connectivity index (χ3n) is 4.22. The van der Waals surface area contributed by atoms with Gasteiger partial charge >= 0.3 is 0 Å². The summed E-state index contributed by atoms with van der Waals surface area (Å²) in [5.74, 6) is 0. The van der Waals surface area contributed by atoms with Crippen LogP contribution in [0.5, 0.6) is 0 Å². The van der Waals surface area contributed by atoms with E-state index in [4.69, 9.17) is 11.6 Å². The molecule has 0 N–H and O–H groups in total. The topological polar surface area (TPSA) is 6.48 Å². The van der Waals surface area contributed by atoms with Gasteiger partial charge in [0.05, 0.1) is 0 Å². The quantitative estimate of drug-likeness (QED) is 0.705. The molecule has 2 heterocycles. The Morgan fingerprint density at radius 1 is 1.06 bits per heavy atom. The normalized spacial score (nSPS) is 30.8. The van der Waals surface area contributed by atoms with Crippen LogP contribution in [0.1, 0.15) is 38.5 Å². The minimum atomic E-state index is 0.439. The molecular formula is C13H25ClN2. The van der Waals surface area contributed by atoms with Crippen LogP contribution in [0.4, 0.5) is 0 Å². The van der Waals surface area contributed by atoms with Crippen molar-refractivity contribution in [1.29, 1.82) is 0 Å². The minimum absolute atomic E-state index is 0.439. The summed E-state index contributed by atoms with van der Waals surface area (Å²) in [6.45, 7) is 5.00. The van der Waals surface area contributed by atoms with Crippen molar-refractivity contribution in [3.63, 3.8) is 0 Å². The summed E-state index contributed by atoms with van der Waals surface area (Å²) in [7, 11) is 2.29. The van der Waals surface area contributed by atoms with Gasteiger partial charge in [-0.1, -0.05) is 6.42 Å². The van der Waals surface area contributed by atoms with Crippen molar-refractivity contribution in [2.24, 2.45) is 0 Å². The first-order chi connectivity index (χ1) is 7.75. The smallest absolute Gasteiger partial charge is 0.0360 e. The van der Waals surface area contributed by atoms with E-state index in [0.29, 0.717) is 5.38 Å². The van der Waals surface area contributed by atoms with Gasteiger partial charge in [0, 0.05) is 11.4 Å². The lowest BCUT2D eigenvalue weighted by Gasteiger charge is -2.35. The van der Waals surface area contributed by atoms with E-state index in [-0.39, 0.29) is 0 Å². The molecule has 2 fully saturated rings. The summed E-state index contributed by atoms with van der Waals surface area (Å²) < 4.78 is 0. The first kappa shape index (κ1) is 12.7. The number of alkyl halides is 1. The molecule has 2 aliphatic heterocycles. The van der Waals surface area contributed by atoms with Crippen molar-refractivity contribution in [3.8, 4) is 0 Å². The highest BCUT2D eigenvalue weighted by molar-refractivity contribution is 6.20. The van der Waals surface area contributed by atoms with Gasteiger partial charge in [-0.05, 0) is 65.3 Å². The van der Waals surface area contributed by atoms with Crippen molar-refractivity contribution in [2.45, 2.75) is 49.9 Å². The zero-order chi connectivity index (χ0) is 11.4. The third-order valence-corrected chi connectivity index (χ3v) is 4.65. The number of halogens is 1. The molecule has 0 radical (unpaired) electrons. The van der Waals surface area contributed by atoms with Crippen LogP contribution in [0.2, 0.25) is 0 Å². The molecule has 0 bridgehead atoms. The maximum absolute atomic E-state index is 6.12. The molecule has 94 valence electrons. The van der Waals surface area contributed by atoms with Crippen LogP contribution in [0.25, 0.3) is 0 Å². The number of hydrogen-bond acceptors (Lipinski definition) is 2. The molecule has 0 amide bonds. The first-order valence-corrected chi connectivity index (χ1v) is 7.26. The Morgan fingerprint density at radius 2 is 1.81 bits per heavy atom. The van der Waals surface area contributed by atoms with Crippen molar-refractivity contribution < 1.29 is 0 Å². The van der Waals surface area contributed by atoms with Crippen LogP contribution in [-0.2, 0) is 0 Å². The maximum Gasteiger partial charge on any atom is 0.0360 e. The molecule has 2 nitrogen and oxygen atoms in total. The first-order valence-electron chi connectivity index (χ1n) is 6.82. The molecular weight excluding hydrogens is 220 g/mol. The molecule has 1 atom stereocenters. The fraction of sp³-hybridized carbons (Fsp3) is 1.00. The Hall–Kier alpha value is 0.210. The molecule has 0 spiro atoms. The monoisotopic (exact) mass is 244 g/mol. The van der Waals surface area contributed by atoms with Crippen molar-refractivity contribution in [3.05, 3.63) is 0 Å². The van der Waals surface area contributed by atoms with Crippen LogP contribution >= 0.6 is 11.6 Å². The largest absolute Gasteiger partial charge is 0.303 e. The Bertz CT molecular complexity index is 202. The molecule has 0 saturated carbocycles. The predicted octanol–water partition coefficient (Wildman–Crippen LogP) is 2.56. The van der Waals surface area contributed by atoms with Crippen LogP contribution in [-0.4, -0.2) is 54.4 Å². The molecule has 0 aliphatic carbocycles. The van der Waals surface area contributed by atoms with E-state index >= 15 is 0 Å². The standard InChI is InChI=1S/C13H25ClN2/c1-15-8-3-2-4-13(15)7-11-16-9-5-12(14)6-10-16/h12-13H,2-11H2,1H3. The van der Waals surface area contributed by atoms with E-state index in [1.165, 1.54) is 64.7 Å². The van der Waals surface area contributed by atoms with Gasteiger partial charge in [-0.25, -0.2) is 0 Å². The van der Waals surface area contributed by atoms with Gasteiger partial charge in [0.1, 0.15) is 0 Å².